The highest BCUT2D eigenvalue weighted by Gasteiger charge is 2.33. The third kappa shape index (κ3) is 3.02. The smallest absolute Gasteiger partial charge is 0.231 e. The zero-order valence-corrected chi connectivity index (χ0v) is 16.6. The van der Waals surface area contributed by atoms with E-state index in [1.807, 2.05) is 78.2 Å². The minimum atomic E-state index is -0.0486. The third-order valence-corrected chi connectivity index (χ3v) is 6.53. The zero-order chi connectivity index (χ0) is 18.3. The standard InChI is InChI=1S/C19H15N3OS3/c1-21(2)13-10-8-12(9-11-13)20-17-15(23)16-18(26-17)22(19(24)25-16)14-6-4-3-5-7-14/h3-11H,1-2H3. The lowest BCUT2D eigenvalue weighted by molar-refractivity contribution is 0.107. The van der Waals surface area contributed by atoms with E-state index in [1.54, 1.807) is 0 Å². The maximum Gasteiger partial charge on any atom is 0.231 e. The molecule has 0 N–H and O–H groups in total. The lowest BCUT2D eigenvalue weighted by Gasteiger charge is -2.11. The van der Waals surface area contributed by atoms with Crippen molar-refractivity contribution in [2.24, 2.45) is 4.99 Å². The van der Waals surface area contributed by atoms with Gasteiger partial charge in [-0.3, -0.25) is 9.36 Å². The Morgan fingerprint density at radius 1 is 1.04 bits per heavy atom. The highest BCUT2D eigenvalue weighted by atomic mass is 32.2. The summed E-state index contributed by atoms with van der Waals surface area (Å²) in [6, 6.07) is 17.7. The first-order chi connectivity index (χ1) is 12.5. The summed E-state index contributed by atoms with van der Waals surface area (Å²) in [6.07, 6.45) is 0. The second kappa shape index (κ2) is 6.83. The zero-order valence-electron chi connectivity index (χ0n) is 14.2. The molecule has 0 saturated heterocycles. The van der Waals surface area contributed by atoms with Crippen molar-refractivity contribution in [3.8, 4) is 5.69 Å². The van der Waals surface area contributed by atoms with Crippen LogP contribution in [0.5, 0.6) is 0 Å². The maximum absolute atomic E-state index is 12.8. The number of rotatable bonds is 3. The summed E-state index contributed by atoms with van der Waals surface area (Å²) in [5.41, 5.74) is 2.83. The SMILES string of the molecule is CN(C)c1ccc(N=C2Sc3c(sc(=S)n3-c3ccccc3)C2=O)cc1. The Hall–Kier alpha value is -2.22. The molecule has 130 valence electrons. The largest absolute Gasteiger partial charge is 0.378 e. The summed E-state index contributed by atoms with van der Waals surface area (Å²) in [7, 11) is 3.98. The van der Waals surface area contributed by atoms with E-state index < -0.39 is 0 Å². The molecule has 4 nitrogen and oxygen atoms in total. The van der Waals surface area contributed by atoms with Gasteiger partial charge >= 0.3 is 0 Å². The number of aliphatic imine (C=N–C) groups is 1. The van der Waals surface area contributed by atoms with E-state index in [4.69, 9.17) is 12.2 Å². The number of anilines is 1. The van der Waals surface area contributed by atoms with Crippen LogP contribution in [-0.4, -0.2) is 29.5 Å². The molecule has 2 heterocycles. The molecule has 0 aliphatic carbocycles. The first-order valence-corrected chi connectivity index (χ1v) is 9.98. The number of para-hydroxylation sites is 1. The van der Waals surface area contributed by atoms with Crippen molar-refractivity contribution >= 4 is 57.5 Å². The van der Waals surface area contributed by atoms with Crippen LogP contribution in [0.1, 0.15) is 9.67 Å². The molecule has 0 amide bonds. The lowest BCUT2D eigenvalue weighted by Crippen LogP contribution is -2.07. The van der Waals surface area contributed by atoms with Crippen molar-refractivity contribution in [1.29, 1.82) is 0 Å². The van der Waals surface area contributed by atoms with Gasteiger partial charge in [0.15, 0.2) is 9.00 Å². The van der Waals surface area contributed by atoms with Gasteiger partial charge in [-0.1, -0.05) is 29.5 Å². The van der Waals surface area contributed by atoms with Crippen LogP contribution in [0.2, 0.25) is 0 Å². The summed E-state index contributed by atoms with van der Waals surface area (Å²) in [5, 5.41) is 1.35. The molecular formula is C19H15N3OS3. The molecule has 0 fully saturated rings. The predicted molar refractivity (Wildman–Crippen MR) is 113 cm³/mol. The van der Waals surface area contributed by atoms with E-state index in [2.05, 4.69) is 4.99 Å². The van der Waals surface area contributed by atoms with E-state index in [-0.39, 0.29) is 5.78 Å². The molecule has 0 saturated carbocycles. The molecule has 2 aromatic carbocycles. The second-order valence-corrected chi connectivity index (χ2v) is 8.55. The van der Waals surface area contributed by atoms with Crippen LogP contribution < -0.4 is 4.90 Å². The van der Waals surface area contributed by atoms with Crippen LogP contribution in [0.25, 0.3) is 5.69 Å². The van der Waals surface area contributed by atoms with Crippen molar-refractivity contribution in [2.75, 3.05) is 19.0 Å². The summed E-state index contributed by atoms with van der Waals surface area (Å²) in [5.74, 6) is -0.0486. The Kier molecular flexibility index (Phi) is 4.52. The molecule has 26 heavy (non-hydrogen) atoms. The quantitative estimate of drug-likeness (QED) is 0.558. The first kappa shape index (κ1) is 17.2. The average molecular weight is 398 g/mol. The van der Waals surface area contributed by atoms with Crippen LogP contribution in [0.3, 0.4) is 0 Å². The van der Waals surface area contributed by atoms with Crippen LogP contribution in [0.15, 0.2) is 64.6 Å². The first-order valence-electron chi connectivity index (χ1n) is 7.94. The number of aromatic nitrogens is 1. The van der Waals surface area contributed by atoms with E-state index in [9.17, 15) is 4.79 Å². The van der Waals surface area contributed by atoms with Gasteiger partial charge in [-0.05, 0) is 60.4 Å². The fourth-order valence-electron chi connectivity index (χ4n) is 2.65. The van der Waals surface area contributed by atoms with Crippen molar-refractivity contribution < 1.29 is 4.79 Å². The molecule has 0 radical (unpaired) electrons. The lowest BCUT2D eigenvalue weighted by atomic mass is 10.2. The van der Waals surface area contributed by atoms with Gasteiger partial charge < -0.3 is 4.90 Å². The fraction of sp³-hybridized carbons (Fsp3) is 0.105. The van der Waals surface area contributed by atoms with Crippen LogP contribution >= 0.6 is 35.3 Å². The van der Waals surface area contributed by atoms with Gasteiger partial charge in [0.2, 0.25) is 5.78 Å². The number of benzene rings is 2. The molecular weight excluding hydrogens is 382 g/mol. The number of thioether (sulfide) groups is 1. The second-order valence-electron chi connectivity index (χ2n) is 5.93. The molecule has 1 aliphatic rings. The maximum atomic E-state index is 12.8. The minimum absolute atomic E-state index is 0.0486. The average Bonchev–Trinajstić information content (AvgIpc) is 3.11. The molecule has 4 rings (SSSR count). The molecule has 3 aromatic rings. The summed E-state index contributed by atoms with van der Waals surface area (Å²) >= 11 is 8.21. The fourth-order valence-corrected chi connectivity index (χ4v) is 5.36. The van der Waals surface area contributed by atoms with E-state index in [1.165, 1.54) is 23.1 Å². The Labute approximate surface area is 164 Å². The van der Waals surface area contributed by atoms with Gasteiger partial charge in [-0.25, -0.2) is 4.99 Å². The minimum Gasteiger partial charge on any atom is -0.378 e. The number of hydrogen-bond donors (Lipinski definition) is 0. The van der Waals surface area contributed by atoms with Gasteiger partial charge in [-0.2, -0.15) is 0 Å². The number of nitrogens with zero attached hydrogens (tertiary/aromatic N) is 3. The Bertz CT molecular complexity index is 1060. The van der Waals surface area contributed by atoms with Crippen molar-refractivity contribution in [2.45, 2.75) is 5.03 Å². The van der Waals surface area contributed by atoms with Crippen LogP contribution in [-0.2, 0) is 0 Å². The van der Waals surface area contributed by atoms with Gasteiger partial charge in [-0.15, -0.1) is 0 Å². The number of hydrogen-bond acceptors (Lipinski definition) is 6. The summed E-state index contributed by atoms with van der Waals surface area (Å²) < 4.78 is 2.63. The molecule has 0 atom stereocenters. The van der Waals surface area contributed by atoms with Gasteiger partial charge in [0.1, 0.15) is 9.90 Å². The number of ketones is 1. The summed E-state index contributed by atoms with van der Waals surface area (Å²) in [6.45, 7) is 0. The van der Waals surface area contributed by atoms with Gasteiger partial charge in [0, 0.05) is 25.5 Å². The number of carbonyl (C=O) groups excluding carboxylic acids is 1. The van der Waals surface area contributed by atoms with Crippen molar-refractivity contribution in [3.05, 3.63) is 63.4 Å². The van der Waals surface area contributed by atoms with E-state index in [0.717, 1.165) is 22.1 Å². The van der Waals surface area contributed by atoms with E-state index >= 15 is 0 Å². The molecule has 0 unspecified atom stereocenters. The Morgan fingerprint density at radius 2 is 1.73 bits per heavy atom. The molecule has 1 aromatic heterocycles. The molecule has 0 spiro atoms. The van der Waals surface area contributed by atoms with Gasteiger partial charge in [0.25, 0.3) is 0 Å². The topological polar surface area (TPSA) is 37.6 Å². The predicted octanol–water partition coefficient (Wildman–Crippen LogP) is 5.35. The monoisotopic (exact) mass is 397 g/mol. The van der Waals surface area contributed by atoms with E-state index in [0.29, 0.717) is 13.9 Å². The van der Waals surface area contributed by atoms with Crippen LogP contribution in [0.4, 0.5) is 11.4 Å². The molecule has 1 aliphatic heterocycles. The summed E-state index contributed by atoms with van der Waals surface area (Å²) in [4.78, 5) is 20.0. The normalized spacial score (nSPS) is 14.7. The number of Topliss-reactive ketones (excluding diaryl/α,β-unsaturated/α-hetero) is 1. The molecule has 7 heteroatoms. The molecule has 0 bridgehead atoms. The van der Waals surface area contributed by atoms with Gasteiger partial charge in [0.05, 0.1) is 5.69 Å². The highest BCUT2D eigenvalue weighted by molar-refractivity contribution is 8.16. The van der Waals surface area contributed by atoms with Crippen molar-refractivity contribution in [1.82, 2.24) is 4.57 Å². The van der Waals surface area contributed by atoms with Crippen molar-refractivity contribution in [3.63, 3.8) is 0 Å². The number of fused-ring (bicyclic) bond motifs is 1. The third-order valence-electron chi connectivity index (χ3n) is 3.97. The Balaban J connectivity index is 1.71. The highest BCUT2D eigenvalue weighted by Crippen LogP contribution is 2.40. The number of carbonyl (C=O) groups is 1. The Morgan fingerprint density at radius 3 is 2.38 bits per heavy atom. The van der Waals surface area contributed by atoms with Crippen LogP contribution in [0, 0.1) is 3.95 Å². The number of thiazole rings is 1.